The number of hydrogen-bond donors (Lipinski definition) is 1. The largest absolute Gasteiger partial charge is 0.383 e. The first kappa shape index (κ1) is 29.6. The molecule has 1 aromatic carbocycles. The third kappa shape index (κ3) is 7.42. The lowest BCUT2D eigenvalue weighted by Crippen LogP contribution is -2.19. The summed E-state index contributed by atoms with van der Waals surface area (Å²) in [4.78, 5) is 7.04. The van der Waals surface area contributed by atoms with Gasteiger partial charge in [-0.3, -0.25) is 0 Å². The summed E-state index contributed by atoms with van der Waals surface area (Å²) in [5.74, 6) is 0.234. The molecule has 7 nitrogen and oxygen atoms in total. The van der Waals surface area contributed by atoms with Crippen molar-refractivity contribution in [1.29, 1.82) is 5.41 Å². The van der Waals surface area contributed by atoms with Crippen molar-refractivity contribution in [2.75, 3.05) is 20.4 Å². The zero-order valence-corrected chi connectivity index (χ0v) is 25.3. The molecule has 9 heteroatoms. The number of aliphatic imine (C=N–C) groups is 1. The summed E-state index contributed by atoms with van der Waals surface area (Å²) >= 11 is 1.47. The molecule has 0 radical (unpaired) electrons. The van der Waals surface area contributed by atoms with Gasteiger partial charge in [0.2, 0.25) is 0 Å². The smallest absolute Gasteiger partial charge is 0.150 e. The van der Waals surface area contributed by atoms with Gasteiger partial charge in [0.25, 0.3) is 0 Å². The Labute approximate surface area is 241 Å². The molecule has 40 heavy (non-hydrogen) atoms. The summed E-state index contributed by atoms with van der Waals surface area (Å²) in [6, 6.07) is 8.12. The molecule has 1 aliphatic heterocycles. The average Bonchev–Trinajstić information content (AvgIpc) is 3.08. The summed E-state index contributed by atoms with van der Waals surface area (Å²) in [5.41, 5.74) is 8.62. The fourth-order valence-corrected chi connectivity index (χ4v) is 7.04. The Morgan fingerprint density at radius 2 is 2.00 bits per heavy atom. The van der Waals surface area contributed by atoms with Gasteiger partial charge in [0, 0.05) is 43.8 Å². The van der Waals surface area contributed by atoms with Crippen LogP contribution in [-0.4, -0.2) is 60.5 Å². The highest BCUT2D eigenvalue weighted by atomic mass is 32.2. The van der Waals surface area contributed by atoms with Crippen LogP contribution in [0.15, 0.2) is 71.7 Å². The highest BCUT2D eigenvalue weighted by Crippen LogP contribution is 2.33. The lowest BCUT2D eigenvalue weighted by Gasteiger charge is -2.17. The molecule has 1 aromatic heterocycles. The van der Waals surface area contributed by atoms with Crippen LogP contribution in [0.1, 0.15) is 59.7 Å². The van der Waals surface area contributed by atoms with Gasteiger partial charge < -0.3 is 10.3 Å². The molecule has 0 amide bonds. The Morgan fingerprint density at radius 3 is 2.67 bits per heavy atom. The van der Waals surface area contributed by atoms with E-state index in [0.29, 0.717) is 41.4 Å². The van der Waals surface area contributed by atoms with E-state index in [1.54, 1.807) is 0 Å². The van der Waals surface area contributed by atoms with Crippen LogP contribution in [0.5, 0.6) is 0 Å². The van der Waals surface area contributed by atoms with Gasteiger partial charge in [-0.25, -0.2) is 13.4 Å². The van der Waals surface area contributed by atoms with Gasteiger partial charge in [-0.2, -0.15) is 0 Å². The van der Waals surface area contributed by atoms with Gasteiger partial charge in [0.1, 0.15) is 14.8 Å². The molecule has 2 aromatic rings. The van der Waals surface area contributed by atoms with Crippen molar-refractivity contribution in [2.24, 2.45) is 10.9 Å². The fourth-order valence-electron chi connectivity index (χ4n) is 5.18. The number of sulfone groups is 1. The predicted molar refractivity (Wildman–Crippen MR) is 167 cm³/mol. The average molecular weight is 576 g/mol. The number of nitrogens with zero attached hydrogens (tertiary/aromatic N) is 4. The number of aryl methyl sites for hydroxylation is 1. The second kappa shape index (κ2) is 12.9. The summed E-state index contributed by atoms with van der Waals surface area (Å²) in [5, 5.41) is 19.0. The molecule has 0 saturated heterocycles. The Kier molecular flexibility index (Phi) is 9.51. The summed E-state index contributed by atoms with van der Waals surface area (Å²) in [6.07, 6.45) is 13.3. The first-order valence-electron chi connectivity index (χ1n) is 13.5. The lowest BCUT2D eigenvalue weighted by molar-refractivity contribution is 0.475. The van der Waals surface area contributed by atoms with E-state index in [-0.39, 0.29) is 11.2 Å². The van der Waals surface area contributed by atoms with E-state index in [9.17, 15) is 13.8 Å². The molecule has 2 atom stereocenters. The van der Waals surface area contributed by atoms with Crippen LogP contribution < -0.4 is 0 Å². The molecule has 1 N–H and O–H groups in total. The second-order valence-corrected chi connectivity index (χ2v) is 14.2. The van der Waals surface area contributed by atoms with Crippen LogP contribution in [0.25, 0.3) is 11.1 Å². The third-order valence-electron chi connectivity index (χ3n) is 7.22. The van der Waals surface area contributed by atoms with E-state index in [1.165, 1.54) is 17.6 Å². The van der Waals surface area contributed by atoms with Gasteiger partial charge in [0.05, 0.1) is 22.4 Å². The SMILES string of the molecule is C=C/C(=C\N(C)C)c1cccc(C2=NC(C(=N)CC3CCCC(S(C)(=O)=O)CC3)=C(c3nnc(C)s3)C=C=C2)c1. The normalized spacial score (nSPS) is 20.1. The van der Waals surface area contributed by atoms with Crippen LogP contribution in [0.2, 0.25) is 0 Å². The topological polar surface area (TPSA) is 99.4 Å². The molecule has 0 spiro atoms. The van der Waals surface area contributed by atoms with E-state index in [2.05, 4.69) is 28.6 Å². The van der Waals surface area contributed by atoms with Gasteiger partial charge in [0.15, 0.2) is 5.01 Å². The molecule has 210 valence electrons. The Balaban J connectivity index is 1.71. The van der Waals surface area contributed by atoms with E-state index < -0.39 is 9.84 Å². The standard InChI is InChI=1S/C31H37N5O2S2/c1-6-23(20-36(3)4)24-11-8-12-25(19-24)29-15-9-14-27(31-35-34-21(2)39-31)30(33-29)28(32)18-22-10-7-13-26(17-16-22)40(5,37)38/h6,8,11-12,14-15,19-20,22,26,32H,1,7,10,13,16-18H2,2-5H3/b23-20+,32-28?. The van der Waals surface area contributed by atoms with Crippen molar-refractivity contribution in [1.82, 2.24) is 15.1 Å². The summed E-state index contributed by atoms with van der Waals surface area (Å²) in [6.45, 7) is 5.89. The maximum absolute atomic E-state index is 12.2. The number of aromatic nitrogens is 2. The number of hydrogen-bond acceptors (Lipinski definition) is 8. The minimum Gasteiger partial charge on any atom is -0.383 e. The maximum Gasteiger partial charge on any atom is 0.150 e. The molecule has 0 bridgehead atoms. The van der Waals surface area contributed by atoms with E-state index in [1.807, 2.05) is 68.5 Å². The van der Waals surface area contributed by atoms with Gasteiger partial charge >= 0.3 is 0 Å². The van der Waals surface area contributed by atoms with Crippen LogP contribution in [-0.2, 0) is 9.84 Å². The number of nitrogens with one attached hydrogen (secondary N) is 1. The molecular formula is C31H37N5O2S2. The van der Waals surface area contributed by atoms with E-state index in [4.69, 9.17) is 4.99 Å². The van der Waals surface area contributed by atoms with Gasteiger partial charge in [-0.1, -0.05) is 55.0 Å². The van der Waals surface area contributed by atoms with E-state index >= 15 is 0 Å². The first-order chi connectivity index (χ1) is 19.0. The van der Waals surface area contributed by atoms with Crippen molar-refractivity contribution in [2.45, 2.75) is 50.7 Å². The third-order valence-corrected chi connectivity index (χ3v) is 9.77. The van der Waals surface area contributed by atoms with Crippen molar-refractivity contribution >= 4 is 43.7 Å². The predicted octanol–water partition coefficient (Wildman–Crippen LogP) is 6.26. The van der Waals surface area contributed by atoms with Gasteiger partial charge in [-0.05, 0) is 61.8 Å². The molecule has 1 saturated carbocycles. The van der Waals surface area contributed by atoms with Crippen LogP contribution in [0.4, 0.5) is 0 Å². The molecular weight excluding hydrogens is 539 g/mol. The number of allylic oxidation sites excluding steroid dienone is 5. The van der Waals surface area contributed by atoms with Crippen LogP contribution in [0, 0.1) is 18.3 Å². The van der Waals surface area contributed by atoms with Crippen molar-refractivity contribution in [3.05, 3.63) is 87.8 Å². The van der Waals surface area contributed by atoms with E-state index in [0.717, 1.165) is 46.5 Å². The van der Waals surface area contributed by atoms with Crippen LogP contribution >= 0.6 is 11.3 Å². The molecule has 2 aliphatic rings. The van der Waals surface area contributed by atoms with Crippen molar-refractivity contribution in [3.63, 3.8) is 0 Å². The molecule has 1 aliphatic carbocycles. The highest BCUT2D eigenvalue weighted by Gasteiger charge is 2.27. The first-order valence-corrected chi connectivity index (χ1v) is 16.3. The van der Waals surface area contributed by atoms with Crippen molar-refractivity contribution < 1.29 is 8.42 Å². The zero-order valence-electron chi connectivity index (χ0n) is 23.6. The Morgan fingerprint density at radius 1 is 1.20 bits per heavy atom. The minimum absolute atomic E-state index is 0.234. The summed E-state index contributed by atoms with van der Waals surface area (Å²) < 4.78 is 24.3. The number of rotatable bonds is 9. The molecule has 2 heterocycles. The Bertz CT molecular complexity index is 1550. The maximum atomic E-state index is 12.2. The summed E-state index contributed by atoms with van der Waals surface area (Å²) in [7, 11) is 0.901. The second-order valence-electron chi connectivity index (χ2n) is 10.7. The molecule has 2 unspecified atom stereocenters. The fraction of sp³-hybridized carbons (Fsp3) is 0.387. The monoisotopic (exact) mass is 575 g/mol. The molecule has 4 rings (SSSR count). The minimum atomic E-state index is -3.05. The number of benzene rings is 1. The zero-order chi connectivity index (χ0) is 28.9. The highest BCUT2D eigenvalue weighted by molar-refractivity contribution is 7.91. The van der Waals surface area contributed by atoms with Gasteiger partial charge in [-0.15, -0.1) is 15.9 Å². The lowest BCUT2D eigenvalue weighted by atomic mass is 9.92. The van der Waals surface area contributed by atoms with Crippen molar-refractivity contribution in [3.8, 4) is 0 Å². The van der Waals surface area contributed by atoms with Crippen LogP contribution in [0.3, 0.4) is 0 Å². The Hall–Kier alpha value is -3.39. The quantitative estimate of drug-likeness (QED) is 0.165. The molecule has 1 fully saturated rings.